The van der Waals surface area contributed by atoms with Crippen LogP contribution in [0.15, 0.2) is 22.6 Å². The minimum Gasteiger partial charge on any atom is -0.478 e. The highest BCUT2D eigenvalue weighted by atomic mass is 16.5. The predicted molar refractivity (Wildman–Crippen MR) is 64.0 cm³/mol. The number of hydrogen-bond acceptors (Lipinski definition) is 5. The molecule has 1 aliphatic heterocycles. The van der Waals surface area contributed by atoms with E-state index in [1.807, 2.05) is 4.90 Å². The number of nitrogens with zero attached hydrogens (tertiary/aromatic N) is 2. The molecule has 2 aromatic rings. The predicted octanol–water partition coefficient (Wildman–Crippen LogP) is 1.36. The van der Waals surface area contributed by atoms with Crippen molar-refractivity contribution < 1.29 is 19.1 Å². The molecule has 0 amide bonds. The van der Waals surface area contributed by atoms with Gasteiger partial charge in [0.05, 0.1) is 18.8 Å². The zero-order valence-electron chi connectivity index (χ0n) is 9.63. The highest BCUT2D eigenvalue weighted by Crippen LogP contribution is 2.25. The van der Waals surface area contributed by atoms with Gasteiger partial charge in [0, 0.05) is 13.1 Å². The molecule has 3 rings (SSSR count). The number of carbonyl (C=O) groups is 1. The molecule has 0 bridgehead atoms. The first kappa shape index (κ1) is 11.0. The van der Waals surface area contributed by atoms with Gasteiger partial charge in [-0.3, -0.25) is 0 Å². The summed E-state index contributed by atoms with van der Waals surface area (Å²) in [5, 5.41) is 9.09. The minimum atomic E-state index is -0.998. The Morgan fingerprint density at radius 2 is 2.11 bits per heavy atom. The first-order valence-electron chi connectivity index (χ1n) is 5.71. The van der Waals surface area contributed by atoms with Gasteiger partial charge in [-0.05, 0) is 12.1 Å². The highest BCUT2D eigenvalue weighted by molar-refractivity contribution is 6.00. The van der Waals surface area contributed by atoms with Crippen molar-refractivity contribution in [3.63, 3.8) is 0 Å². The standard InChI is InChI=1S/C12H12N2O4/c15-11(16)8-2-1-3-9-10(8)13-12(18-9)14-4-6-17-7-5-14/h1-3H,4-7H2,(H,15,16). The van der Waals surface area contributed by atoms with Crippen LogP contribution in [-0.2, 0) is 4.74 Å². The van der Waals surface area contributed by atoms with Crippen molar-refractivity contribution in [3.05, 3.63) is 23.8 Å². The summed E-state index contributed by atoms with van der Waals surface area (Å²) in [7, 11) is 0. The van der Waals surface area contributed by atoms with Crippen LogP contribution in [-0.4, -0.2) is 42.4 Å². The summed E-state index contributed by atoms with van der Waals surface area (Å²) in [6, 6.07) is 5.36. The van der Waals surface area contributed by atoms with Gasteiger partial charge in [0.2, 0.25) is 0 Å². The van der Waals surface area contributed by atoms with Crippen LogP contribution in [0.5, 0.6) is 0 Å². The van der Waals surface area contributed by atoms with Crippen LogP contribution >= 0.6 is 0 Å². The normalized spacial score (nSPS) is 16.1. The lowest BCUT2D eigenvalue weighted by Gasteiger charge is -2.24. The first-order chi connectivity index (χ1) is 8.75. The van der Waals surface area contributed by atoms with Crippen LogP contribution in [0.1, 0.15) is 10.4 Å². The molecule has 1 aromatic heterocycles. The molecule has 1 aliphatic rings. The Morgan fingerprint density at radius 3 is 2.83 bits per heavy atom. The number of aromatic carboxylic acids is 1. The first-order valence-corrected chi connectivity index (χ1v) is 5.71. The van der Waals surface area contributed by atoms with Gasteiger partial charge in [0.25, 0.3) is 6.01 Å². The second-order valence-corrected chi connectivity index (χ2v) is 4.05. The Balaban J connectivity index is 2.04. The van der Waals surface area contributed by atoms with Gasteiger partial charge in [-0.1, -0.05) is 6.07 Å². The van der Waals surface area contributed by atoms with Crippen molar-refractivity contribution in [1.82, 2.24) is 4.98 Å². The Hall–Kier alpha value is -2.08. The molecular formula is C12H12N2O4. The third-order valence-electron chi connectivity index (χ3n) is 2.92. The fourth-order valence-electron chi connectivity index (χ4n) is 2.00. The average molecular weight is 248 g/mol. The molecule has 2 heterocycles. The number of ether oxygens (including phenoxy) is 1. The van der Waals surface area contributed by atoms with Crippen LogP contribution in [0.3, 0.4) is 0 Å². The zero-order chi connectivity index (χ0) is 12.5. The maximum Gasteiger partial charge on any atom is 0.338 e. The monoisotopic (exact) mass is 248 g/mol. The van der Waals surface area contributed by atoms with Crippen molar-refractivity contribution in [3.8, 4) is 0 Å². The third-order valence-corrected chi connectivity index (χ3v) is 2.92. The van der Waals surface area contributed by atoms with E-state index >= 15 is 0 Å². The highest BCUT2D eigenvalue weighted by Gasteiger charge is 2.19. The summed E-state index contributed by atoms with van der Waals surface area (Å²) in [5.74, 6) is -0.998. The average Bonchev–Trinajstić information content (AvgIpc) is 2.83. The Bertz CT molecular complexity index is 587. The number of carboxylic acids is 1. The number of morpholine rings is 1. The van der Waals surface area contributed by atoms with Gasteiger partial charge in [0.15, 0.2) is 5.58 Å². The molecule has 6 nitrogen and oxygen atoms in total. The third kappa shape index (κ3) is 1.80. The van der Waals surface area contributed by atoms with Crippen molar-refractivity contribution in [2.75, 3.05) is 31.2 Å². The molecule has 0 atom stereocenters. The minimum absolute atomic E-state index is 0.163. The van der Waals surface area contributed by atoms with Crippen LogP contribution in [0, 0.1) is 0 Å². The molecule has 1 aromatic carbocycles. The van der Waals surface area contributed by atoms with Gasteiger partial charge in [-0.25, -0.2) is 4.79 Å². The smallest absolute Gasteiger partial charge is 0.338 e. The summed E-state index contributed by atoms with van der Waals surface area (Å²) in [6.07, 6.45) is 0. The zero-order valence-corrected chi connectivity index (χ0v) is 9.63. The molecular weight excluding hydrogens is 236 g/mol. The van der Waals surface area contributed by atoms with E-state index < -0.39 is 5.97 Å². The van der Waals surface area contributed by atoms with Crippen molar-refractivity contribution in [2.24, 2.45) is 0 Å². The molecule has 1 fully saturated rings. The number of rotatable bonds is 2. The molecule has 18 heavy (non-hydrogen) atoms. The summed E-state index contributed by atoms with van der Waals surface area (Å²) in [4.78, 5) is 17.3. The number of oxazole rings is 1. The summed E-state index contributed by atoms with van der Waals surface area (Å²) < 4.78 is 10.8. The van der Waals surface area contributed by atoms with Crippen LogP contribution < -0.4 is 4.90 Å². The molecule has 0 aliphatic carbocycles. The summed E-state index contributed by atoms with van der Waals surface area (Å²) >= 11 is 0. The van der Waals surface area contributed by atoms with E-state index in [1.165, 1.54) is 6.07 Å². The maximum absolute atomic E-state index is 11.1. The Labute approximate surface area is 103 Å². The van der Waals surface area contributed by atoms with E-state index in [4.69, 9.17) is 14.3 Å². The van der Waals surface area contributed by atoms with E-state index in [1.54, 1.807) is 12.1 Å². The van der Waals surface area contributed by atoms with E-state index in [-0.39, 0.29) is 5.56 Å². The summed E-state index contributed by atoms with van der Waals surface area (Å²) in [6.45, 7) is 2.67. The fourth-order valence-corrected chi connectivity index (χ4v) is 2.00. The molecule has 0 saturated carbocycles. The number of para-hydroxylation sites is 1. The van der Waals surface area contributed by atoms with E-state index in [9.17, 15) is 4.79 Å². The number of aromatic nitrogens is 1. The quantitative estimate of drug-likeness (QED) is 0.864. The van der Waals surface area contributed by atoms with Crippen LogP contribution in [0.25, 0.3) is 11.1 Å². The number of hydrogen-bond donors (Lipinski definition) is 1. The van der Waals surface area contributed by atoms with E-state index in [2.05, 4.69) is 4.98 Å². The second-order valence-electron chi connectivity index (χ2n) is 4.05. The number of fused-ring (bicyclic) bond motifs is 1. The van der Waals surface area contributed by atoms with Crippen LogP contribution in [0.2, 0.25) is 0 Å². The molecule has 1 N–H and O–H groups in total. The number of benzene rings is 1. The Kier molecular flexibility index (Phi) is 2.64. The number of anilines is 1. The molecule has 0 unspecified atom stereocenters. The Morgan fingerprint density at radius 1 is 1.33 bits per heavy atom. The second kappa shape index (κ2) is 4.30. The van der Waals surface area contributed by atoms with Gasteiger partial charge in [0.1, 0.15) is 5.52 Å². The molecule has 6 heteroatoms. The molecule has 1 saturated heterocycles. The van der Waals surface area contributed by atoms with Crippen molar-refractivity contribution in [1.29, 1.82) is 0 Å². The maximum atomic E-state index is 11.1. The van der Waals surface area contributed by atoms with Gasteiger partial charge in [-0.2, -0.15) is 4.98 Å². The lowest BCUT2D eigenvalue weighted by molar-refractivity contribution is 0.0699. The van der Waals surface area contributed by atoms with Gasteiger partial charge >= 0.3 is 5.97 Å². The van der Waals surface area contributed by atoms with E-state index in [0.717, 1.165) is 0 Å². The molecule has 0 radical (unpaired) electrons. The summed E-state index contributed by atoms with van der Waals surface area (Å²) in [5.41, 5.74) is 1.05. The molecule has 0 spiro atoms. The lowest BCUT2D eigenvalue weighted by atomic mass is 10.2. The van der Waals surface area contributed by atoms with E-state index in [0.29, 0.717) is 43.4 Å². The van der Waals surface area contributed by atoms with Gasteiger partial charge < -0.3 is 19.2 Å². The fraction of sp³-hybridized carbons (Fsp3) is 0.333. The number of carboxylic acid groups (broad SMARTS) is 1. The van der Waals surface area contributed by atoms with Gasteiger partial charge in [-0.15, -0.1) is 0 Å². The van der Waals surface area contributed by atoms with Crippen molar-refractivity contribution >= 4 is 23.1 Å². The SMILES string of the molecule is O=C(O)c1cccc2oc(N3CCOCC3)nc12. The van der Waals surface area contributed by atoms with Crippen molar-refractivity contribution in [2.45, 2.75) is 0 Å². The molecule has 94 valence electrons. The lowest BCUT2D eigenvalue weighted by Crippen LogP contribution is -2.36. The topological polar surface area (TPSA) is 75.8 Å². The largest absolute Gasteiger partial charge is 0.478 e. The van der Waals surface area contributed by atoms with Crippen LogP contribution in [0.4, 0.5) is 6.01 Å².